The van der Waals surface area contributed by atoms with Crippen LogP contribution in [0.2, 0.25) is 0 Å². The molecule has 1 unspecified atom stereocenters. The van der Waals surface area contributed by atoms with Crippen molar-refractivity contribution in [1.29, 1.82) is 0 Å². The first kappa shape index (κ1) is 22.1. The topological polar surface area (TPSA) is 61.9 Å². The summed E-state index contributed by atoms with van der Waals surface area (Å²) in [5, 5.41) is 3.01. The van der Waals surface area contributed by atoms with Crippen molar-refractivity contribution in [3.8, 4) is 0 Å². The highest BCUT2D eigenvalue weighted by molar-refractivity contribution is 5.79. The summed E-state index contributed by atoms with van der Waals surface area (Å²) in [6.07, 6.45) is 11.2. The molecular weight excluding hydrogens is 366 g/mol. The first-order chi connectivity index (χ1) is 13.8. The molecule has 2 amide bonds. The number of alkyl carbamates (subject to hydrolysis) is 1. The van der Waals surface area contributed by atoms with Crippen LogP contribution in [0.1, 0.15) is 65.7 Å². The van der Waals surface area contributed by atoms with Crippen molar-refractivity contribution in [3.63, 3.8) is 0 Å². The van der Waals surface area contributed by atoms with E-state index < -0.39 is 5.60 Å². The molecule has 3 aliphatic rings. The Morgan fingerprint density at radius 2 is 1.69 bits per heavy atom. The van der Waals surface area contributed by atoms with Crippen molar-refractivity contribution in [3.05, 3.63) is 12.2 Å². The number of piperidine rings is 2. The second kappa shape index (κ2) is 9.96. The third-order valence-corrected chi connectivity index (χ3v) is 6.37. The van der Waals surface area contributed by atoms with Gasteiger partial charge in [0.05, 0.1) is 0 Å². The average Bonchev–Trinajstić information content (AvgIpc) is 2.69. The van der Waals surface area contributed by atoms with E-state index in [2.05, 4.69) is 27.3 Å². The van der Waals surface area contributed by atoms with Crippen LogP contribution in [0.5, 0.6) is 0 Å². The Labute approximate surface area is 176 Å². The molecule has 1 N–H and O–H groups in total. The molecule has 1 aliphatic carbocycles. The molecule has 0 aromatic carbocycles. The molecule has 2 fully saturated rings. The van der Waals surface area contributed by atoms with Crippen LogP contribution in [0.15, 0.2) is 12.2 Å². The molecule has 1 atom stereocenters. The van der Waals surface area contributed by atoms with E-state index in [4.69, 9.17) is 4.74 Å². The Kier molecular flexibility index (Phi) is 7.60. The van der Waals surface area contributed by atoms with Gasteiger partial charge in [-0.1, -0.05) is 12.2 Å². The summed E-state index contributed by atoms with van der Waals surface area (Å²) in [7, 11) is 0. The Morgan fingerprint density at radius 3 is 2.28 bits per heavy atom. The van der Waals surface area contributed by atoms with E-state index in [-0.39, 0.29) is 18.1 Å². The number of likely N-dealkylation sites (tertiary alicyclic amines) is 2. The standard InChI is InChI=1S/C23H39N3O3/c1-23(2,3)29-22(28)24-20-11-13-25(14-12-20)17-18-9-15-26(16-10-18)21(27)19-7-5-4-6-8-19/h4-5,18-20H,6-17H2,1-3H3,(H,24,28). The maximum absolute atomic E-state index is 12.7. The van der Waals surface area contributed by atoms with Gasteiger partial charge in [0.2, 0.25) is 5.91 Å². The Bertz CT molecular complexity index is 583. The lowest BCUT2D eigenvalue weighted by molar-refractivity contribution is -0.137. The van der Waals surface area contributed by atoms with E-state index >= 15 is 0 Å². The lowest BCUT2D eigenvalue weighted by atomic mass is 9.90. The summed E-state index contributed by atoms with van der Waals surface area (Å²) in [5.41, 5.74) is -0.450. The van der Waals surface area contributed by atoms with Crippen LogP contribution < -0.4 is 5.32 Å². The number of rotatable bonds is 4. The molecule has 2 heterocycles. The molecule has 6 nitrogen and oxygen atoms in total. The number of carbonyl (C=O) groups excluding carboxylic acids is 2. The molecule has 0 bridgehead atoms. The quantitative estimate of drug-likeness (QED) is 0.727. The summed E-state index contributed by atoms with van der Waals surface area (Å²) in [4.78, 5) is 29.3. The number of hydrogen-bond donors (Lipinski definition) is 1. The van der Waals surface area contributed by atoms with Gasteiger partial charge in [0.15, 0.2) is 0 Å². The predicted octanol–water partition coefficient (Wildman–Crippen LogP) is 3.57. The molecule has 2 aliphatic heterocycles. The van der Waals surface area contributed by atoms with E-state index in [0.29, 0.717) is 11.8 Å². The molecule has 0 aromatic heterocycles. The number of hydrogen-bond acceptors (Lipinski definition) is 4. The molecular formula is C23H39N3O3. The van der Waals surface area contributed by atoms with Crippen LogP contribution in [-0.2, 0) is 9.53 Å². The van der Waals surface area contributed by atoms with Gasteiger partial charge in [0.1, 0.15) is 5.60 Å². The van der Waals surface area contributed by atoms with Crippen molar-refractivity contribution in [2.24, 2.45) is 11.8 Å². The van der Waals surface area contributed by atoms with Gasteiger partial charge < -0.3 is 19.9 Å². The van der Waals surface area contributed by atoms with E-state index in [0.717, 1.165) is 77.7 Å². The van der Waals surface area contributed by atoms with Crippen LogP contribution in [0, 0.1) is 11.8 Å². The summed E-state index contributed by atoms with van der Waals surface area (Å²) in [5.74, 6) is 1.27. The Morgan fingerprint density at radius 1 is 1.00 bits per heavy atom. The normalized spacial score (nSPS) is 25.1. The monoisotopic (exact) mass is 405 g/mol. The third-order valence-electron chi connectivity index (χ3n) is 6.37. The number of amides is 2. The van der Waals surface area contributed by atoms with Crippen molar-refractivity contribution in [2.75, 3.05) is 32.7 Å². The van der Waals surface area contributed by atoms with Crippen molar-refractivity contribution >= 4 is 12.0 Å². The first-order valence-electron chi connectivity index (χ1n) is 11.5. The zero-order chi connectivity index (χ0) is 20.9. The summed E-state index contributed by atoms with van der Waals surface area (Å²) in [6.45, 7) is 10.7. The molecule has 0 radical (unpaired) electrons. The van der Waals surface area contributed by atoms with Gasteiger partial charge in [-0.05, 0) is 71.6 Å². The van der Waals surface area contributed by atoms with Gasteiger partial charge in [-0.15, -0.1) is 0 Å². The first-order valence-corrected chi connectivity index (χ1v) is 11.5. The minimum atomic E-state index is -0.450. The number of allylic oxidation sites excluding steroid dienone is 2. The fourth-order valence-electron chi connectivity index (χ4n) is 4.71. The van der Waals surface area contributed by atoms with E-state index in [1.807, 2.05) is 20.8 Å². The second-order valence-electron chi connectivity index (χ2n) is 9.97. The SMILES string of the molecule is CC(C)(C)OC(=O)NC1CCN(CC2CCN(C(=O)C3CC=CCC3)CC2)CC1. The fraction of sp³-hybridized carbons (Fsp3) is 0.826. The van der Waals surface area contributed by atoms with E-state index in [1.54, 1.807) is 0 Å². The molecule has 2 saturated heterocycles. The zero-order valence-electron chi connectivity index (χ0n) is 18.5. The lowest BCUT2D eigenvalue weighted by Crippen LogP contribution is -2.48. The average molecular weight is 406 g/mol. The highest BCUT2D eigenvalue weighted by Crippen LogP contribution is 2.25. The van der Waals surface area contributed by atoms with Crippen molar-refractivity contribution in [2.45, 2.75) is 77.4 Å². The molecule has 3 rings (SSSR count). The van der Waals surface area contributed by atoms with Crippen LogP contribution >= 0.6 is 0 Å². The molecule has 164 valence electrons. The molecule has 6 heteroatoms. The lowest BCUT2D eigenvalue weighted by Gasteiger charge is -2.38. The number of nitrogens with zero attached hydrogens (tertiary/aromatic N) is 2. The van der Waals surface area contributed by atoms with Gasteiger partial charge in [-0.3, -0.25) is 4.79 Å². The minimum Gasteiger partial charge on any atom is -0.444 e. The van der Waals surface area contributed by atoms with E-state index in [1.165, 1.54) is 0 Å². The van der Waals surface area contributed by atoms with Crippen LogP contribution in [-0.4, -0.2) is 66.2 Å². The van der Waals surface area contributed by atoms with Gasteiger partial charge in [0.25, 0.3) is 0 Å². The number of carbonyl (C=O) groups is 2. The maximum Gasteiger partial charge on any atom is 0.407 e. The maximum atomic E-state index is 12.7. The van der Waals surface area contributed by atoms with Crippen LogP contribution in [0.3, 0.4) is 0 Å². The Balaban J connectivity index is 1.33. The van der Waals surface area contributed by atoms with Crippen molar-refractivity contribution < 1.29 is 14.3 Å². The minimum absolute atomic E-state index is 0.213. The molecule has 29 heavy (non-hydrogen) atoms. The summed E-state index contributed by atoms with van der Waals surface area (Å²) in [6, 6.07) is 0.213. The van der Waals surface area contributed by atoms with E-state index in [9.17, 15) is 9.59 Å². The largest absolute Gasteiger partial charge is 0.444 e. The smallest absolute Gasteiger partial charge is 0.407 e. The second-order valence-corrected chi connectivity index (χ2v) is 9.97. The highest BCUT2D eigenvalue weighted by atomic mass is 16.6. The molecule has 0 saturated carbocycles. The molecule has 0 spiro atoms. The fourth-order valence-corrected chi connectivity index (χ4v) is 4.71. The zero-order valence-corrected chi connectivity index (χ0v) is 18.5. The van der Waals surface area contributed by atoms with Gasteiger partial charge >= 0.3 is 6.09 Å². The van der Waals surface area contributed by atoms with Gasteiger partial charge in [-0.25, -0.2) is 4.79 Å². The highest BCUT2D eigenvalue weighted by Gasteiger charge is 2.30. The van der Waals surface area contributed by atoms with Crippen LogP contribution in [0.4, 0.5) is 4.79 Å². The molecule has 0 aromatic rings. The van der Waals surface area contributed by atoms with Crippen molar-refractivity contribution in [1.82, 2.24) is 15.1 Å². The van der Waals surface area contributed by atoms with Gasteiger partial charge in [-0.2, -0.15) is 0 Å². The number of ether oxygens (including phenoxy) is 1. The van der Waals surface area contributed by atoms with Crippen LogP contribution in [0.25, 0.3) is 0 Å². The predicted molar refractivity (Wildman–Crippen MR) is 115 cm³/mol. The summed E-state index contributed by atoms with van der Waals surface area (Å²) >= 11 is 0. The Hall–Kier alpha value is -1.56. The third kappa shape index (κ3) is 7.02. The summed E-state index contributed by atoms with van der Waals surface area (Å²) < 4.78 is 5.36. The van der Waals surface area contributed by atoms with Gasteiger partial charge in [0, 0.05) is 44.7 Å². The number of nitrogens with one attached hydrogen (secondary N) is 1.